The Bertz CT molecular complexity index is 944. The number of imidazole rings is 1. The number of rotatable bonds is 5. The number of non-ortho nitro benzene ring substituents is 1. The van der Waals surface area contributed by atoms with Crippen molar-refractivity contribution in [3.05, 3.63) is 81.1 Å². The highest BCUT2D eigenvalue weighted by molar-refractivity contribution is 6.30. The molecule has 0 saturated heterocycles. The molecule has 0 amide bonds. The molecule has 6 nitrogen and oxygen atoms in total. The lowest BCUT2D eigenvalue weighted by molar-refractivity contribution is -0.384. The minimum absolute atomic E-state index is 0.00765. The standard InChI is InChI=1S/C18H13ClN4O2/c19-17-16(10-11-20)22(12-13-4-2-1-3-5-13)18(21-17)14-6-8-15(9-7-14)23(24)25/h1-9H,10,12H2. The molecule has 3 rings (SSSR count). The van der Waals surface area contributed by atoms with E-state index in [0.29, 0.717) is 23.6 Å². The first-order valence-electron chi connectivity index (χ1n) is 7.50. The Morgan fingerprint density at radius 1 is 1.16 bits per heavy atom. The van der Waals surface area contributed by atoms with Crippen LogP contribution >= 0.6 is 11.6 Å². The van der Waals surface area contributed by atoms with Crippen molar-refractivity contribution in [3.8, 4) is 17.5 Å². The lowest BCUT2D eigenvalue weighted by Crippen LogP contribution is -2.06. The number of hydrogen-bond donors (Lipinski definition) is 0. The SMILES string of the molecule is N#CCc1c(Cl)nc(-c2ccc([N+](=O)[O-])cc2)n1Cc1ccccc1. The maximum absolute atomic E-state index is 10.8. The molecular formula is C18H13ClN4O2. The highest BCUT2D eigenvalue weighted by Gasteiger charge is 2.18. The van der Waals surface area contributed by atoms with Gasteiger partial charge in [-0.1, -0.05) is 41.9 Å². The normalized spacial score (nSPS) is 10.4. The van der Waals surface area contributed by atoms with E-state index in [1.54, 1.807) is 12.1 Å². The molecule has 0 atom stereocenters. The smallest absolute Gasteiger partial charge is 0.269 e. The topological polar surface area (TPSA) is 84.8 Å². The van der Waals surface area contributed by atoms with Crippen LogP contribution in [0.5, 0.6) is 0 Å². The maximum Gasteiger partial charge on any atom is 0.269 e. The number of nitrogens with zero attached hydrogens (tertiary/aromatic N) is 4. The van der Waals surface area contributed by atoms with Gasteiger partial charge in [-0.25, -0.2) is 4.98 Å². The van der Waals surface area contributed by atoms with Crippen LogP contribution in [0.2, 0.25) is 5.15 Å². The first-order chi connectivity index (χ1) is 12.1. The third-order valence-corrected chi connectivity index (χ3v) is 4.09. The minimum atomic E-state index is -0.450. The molecule has 2 aromatic carbocycles. The third-order valence-electron chi connectivity index (χ3n) is 3.79. The monoisotopic (exact) mass is 352 g/mol. The summed E-state index contributed by atoms with van der Waals surface area (Å²) in [5.74, 6) is 0.578. The molecule has 1 aromatic heterocycles. The summed E-state index contributed by atoms with van der Waals surface area (Å²) in [6.07, 6.45) is 0.131. The van der Waals surface area contributed by atoms with Gasteiger partial charge in [0.05, 0.1) is 23.1 Å². The summed E-state index contributed by atoms with van der Waals surface area (Å²) in [5, 5.41) is 20.2. The Morgan fingerprint density at radius 2 is 1.84 bits per heavy atom. The van der Waals surface area contributed by atoms with E-state index in [9.17, 15) is 10.1 Å². The molecule has 0 saturated carbocycles. The molecule has 124 valence electrons. The van der Waals surface area contributed by atoms with Crippen LogP contribution in [0, 0.1) is 21.4 Å². The van der Waals surface area contributed by atoms with Gasteiger partial charge >= 0.3 is 0 Å². The van der Waals surface area contributed by atoms with Crippen LogP contribution in [0.25, 0.3) is 11.4 Å². The van der Waals surface area contributed by atoms with Gasteiger partial charge in [-0.2, -0.15) is 5.26 Å². The summed E-state index contributed by atoms with van der Waals surface area (Å²) in [6.45, 7) is 0.504. The zero-order valence-electron chi connectivity index (χ0n) is 13.1. The molecule has 7 heteroatoms. The first kappa shape index (κ1) is 16.7. The average Bonchev–Trinajstić information content (AvgIpc) is 2.92. The molecule has 0 radical (unpaired) electrons. The van der Waals surface area contributed by atoms with E-state index in [0.717, 1.165) is 5.56 Å². The Balaban J connectivity index is 2.08. The fourth-order valence-electron chi connectivity index (χ4n) is 2.59. The highest BCUT2D eigenvalue weighted by atomic mass is 35.5. The van der Waals surface area contributed by atoms with Gasteiger partial charge in [0.2, 0.25) is 0 Å². The van der Waals surface area contributed by atoms with Gasteiger partial charge in [0, 0.05) is 24.2 Å². The van der Waals surface area contributed by atoms with Crippen molar-refractivity contribution in [2.75, 3.05) is 0 Å². The van der Waals surface area contributed by atoms with E-state index in [-0.39, 0.29) is 17.3 Å². The Kier molecular flexibility index (Phi) is 4.78. The second-order valence-corrected chi connectivity index (χ2v) is 5.74. The van der Waals surface area contributed by atoms with Gasteiger partial charge in [-0.05, 0) is 17.7 Å². The summed E-state index contributed by atoms with van der Waals surface area (Å²) in [5.41, 5.74) is 2.38. The van der Waals surface area contributed by atoms with Crippen LogP contribution in [-0.4, -0.2) is 14.5 Å². The Morgan fingerprint density at radius 3 is 2.44 bits per heavy atom. The van der Waals surface area contributed by atoms with Gasteiger partial charge in [-0.3, -0.25) is 10.1 Å². The average molecular weight is 353 g/mol. The van der Waals surface area contributed by atoms with E-state index in [4.69, 9.17) is 16.9 Å². The van der Waals surface area contributed by atoms with Crippen molar-refractivity contribution in [1.29, 1.82) is 5.26 Å². The van der Waals surface area contributed by atoms with Crippen LogP contribution < -0.4 is 0 Å². The summed E-state index contributed by atoms with van der Waals surface area (Å²) >= 11 is 6.24. The van der Waals surface area contributed by atoms with E-state index < -0.39 is 4.92 Å². The molecule has 0 aliphatic rings. The van der Waals surface area contributed by atoms with Crippen molar-refractivity contribution in [2.24, 2.45) is 0 Å². The van der Waals surface area contributed by atoms with Gasteiger partial charge in [0.1, 0.15) is 5.82 Å². The van der Waals surface area contributed by atoms with Crippen molar-refractivity contribution >= 4 is 17.3 Å². The van der Waals surface area contributed by atoms with Crippen LogP contribution in [0.4, 0.5) is 5.69 Å². The van der Waals surface area contributed by atoms with Crippen molar-refractivity contribution < 1.29 is 4.92 Å². The first-order valence-corrected chi connectivity index (χ1v) is 7.88. The number of nitro benzene ring substituents is 1. The van der Waals surface area contributed by atoms with Crippen LogP contribution in [0.3, 0.4) is 0 Å². The van der Waals surface area contributed by atoms with E-state index >= 15 is 0 Å². The fraction of sp³-hybridized carbons (Fsp3) is 0.111. The zero-order valence-corrected chi connectivity index (χ0v) is 13.8. The number of benzene rings is 2. The highest BCUT2D eigenvalue weighted by Crippen LogP contribution is 2.28. The van der Waals surface area contributed by atoms with Crippen LogP contribution in [0.15, 0.2) is 54.6 Å². The number of hydrogen-bond acceptors (Lipinski definition) is 4. The van der Waals surface area contributed by atoms with Crippen molar-refractivity contribution in [1.82, 2.24) is 9.55 Å². The molecule has 0 aliphatic carbocycles. The molecule has 0 aliphatic heterocycles. The lowest BCUT2D eigenvalue weighted by Gasteiger charge is -2.11. The molecule has 3 aromatic rings. The van der Waals surface area contributed by atoms with E-state index in [1.165, 1.54) is 12.1 Å². The molecule has 1 heterocycles. The van der Waals surface area contributed by atoms with E-state index in [1.807, 2.05) is 34.9 Å². The Hall–Kier alpha value is -3.17. The predicted molar refractivity (Wildman–Crippen MR) is 94.2 cm³/mol. The molecule has 0 fully saturated rings. The van der Waals surface area contributed by atoms with Crippen LogP contribution in [0.1, 0.15) is 11.3 Å². The zero-order chi connectivity index (χ0) is 17.8. The number of halogens is 1. The quantitative estimate of drug-likeness (QED) is 0.508. The third kappa shape index (κ3) is 3.52. The summed E-state index contributed by atoms with van der Waals surface area (Å²) in [4.78, 5) is 14.8. The second-order valence-electron chi connectivity index (χ2n) is 5.38. The molecule has 0 N–H and O–H groups in total. The second kappa shape index (κ2) is 7.16. The number of aromatic nitrogens is 2. The fourth-order valence-corrected chi connectivity index (χ4v) is 2.84. The molecular weight excluding hydrogens is 340 g/mol. The number of nitro groups is 1. The summed E-state index contributed by atoms with van der Waals surface area (Å²) < 4.78 is 1.88. The number of nitriles is 1. The minimum Gasteiger partial charge on any atom is -0.321 e. The summed E-state index contributed by atoms with van der Waals surface area (Å²) in [7, 11) is 0. The van der Waals surface area contributed by atoms with Gasteiger partial charge in [-0.15, -0.1) is 0 Å². The predicted octanol–water partition coefficient (Wildman–Crippen LogP) is 4.23. The molecule has 0 unspecified atom stereocenters. The maximum atomic E-state index is 10.8. The van der Waals surface area contributed by atoms with E-state index in [2.05, 4.69) is 11.1 Å². The van der Waals surface area contributed by atoms with Crippen molar-refractivity contribution in [2.45, 2.75) is 13.0 Å². The Labute approximate surface area is 149 Å². The van der Waals surface area contributed by atoms with Gasteiger partial charge < -0.3 is 4.57 Å². The van der Waals surface area contributed by atoms with Crippen molar-refractivity contribution in [3.63, 3.8) is 0 Å². The largest absolute Gasteiger partial charge is 0.321 e. The van der Waals surface area contributed by atoms with Gasteiger partial charge in [0.15, 0.2) is 5.15 Å². The van der Waals surface area contributed by atoms with Gasteiger partial charge in [0.25, 0.3) is 5.69 Å². The lowest BCUT2D eigenvalue weighted by atomic mass is 10.1. The molecule has 25 heavy (non-hydrogen) atoms. The molecule has 0 bridgehead atoms. The summed E-state index contributed by atoms with van der Waals surface area (Å²) in [6, 6.07) is 18.0. The van der Waals surface area contributed by atoms with Crippen LogP contribution in [-0.2, 0) is 13.0 Å². The molecule has 0 spiro atoms.